The zero-order valence-electron chi connectivity index (χ0n) is 15.0. The Hall–Kier alpha value is -3.00. The van der Waals surface area contributed by atoms with Gasteiger partial charge in [-0.1, -0.05) is 18.9 Å². The SMILES string of the molecule is NC(=O)c1nnc(C[C@@H]2CCCC[C@@H]2N)nc1Nc1cccc2[nH]ccc12. The number of nitrogens with one attached hydrogen (secondary N) is 2. The molecule has 2 heterocycles. The fourth-order valence-corrected chi connectivity index (χ4v) is 3.75. The quantitative estimate of drug-likeness (QED) is 0.547. The van der Waals surface area contributed by atoms with Crippen molar-refractivity contribution in [2.45, 2.75) is 38.1 Å². The number of nitrogens with two attached hydrogens (primary N) is 2. The van der Waals surface area contributed by atoms with Crippen LogP contribution in [-0.4, -0.2) is 32.1 Å². The van der Waals surface area contributed by atoms with E-state index in [1.807, 2.05) is 30.5 Å². The van der Waals surface area contributed by atoms with Crippen LogP contribution in [0.3, 0.4) is 0 Å². The minimum Gasteiger partial charge on any atom is -0.364 e. The molecular weight excluding hydrogens is 342 g/mol. The summed E-state index contributed by atoms with van der Waals surface area (Å²) in [6.07, 6.45) is 6.94. The number of primary amides is 1. The summed E-state index contributed by atoms with van der Waals surface area (Å²) in [4.78, 5) is 19.5. The van der Waals surface area contributed by atoms with Gasteiger partial charge >= 0.3 is 0 Å². The van der Waals surface area contributed by atoms with E-state index < -0.39 is 5.91 Å². The van der Waals surface area contributed by atoms with Crippen molar-refractivity contribution in [3.63, 3.8) is 0 Å². The number of nitrogens with zero attached hydrogens (tertiary/aromatic N) is 3. The number of hydrogen-bond donors (Lipinski definition) is 4. The number of aromatic amines is 1. The van der Waals surface area contributed by atoms with Crippen molar-refractivity contribution in [3.05, 3.63) is 42.0 Å². The highest BCUT2D eigenvalue weighted by Crippen LogP contribution is 2.28. The van der Waals surface area contributed by atoms with E-state index in [-0.39, 0.29) is 11.7 Å². The number of carbonyl (C=O) groups is 1. The van der Waals surface area contributed by atoms with Gasteiger partial charge in [-0.3, -0.25) is 4.79 Å². The first kappa shape index (κ1) is 17.4. The lowest BCUT2D eigenvalue weighted by atomic mass is 9.83. The van der Waals surface area contributed by atoms with Crippen molar-refractivity contribution in [1.82, 2.24) is 20.2 Å². The molecule has 0 radical (unpaired) electrons. The predicted molar refractivity (Wildman–Crippen MR) is 104 cm³/mol. The molecule has 0 unspecified atom stereocenters. The van der Waals surface area contributed by atoms with Gasteiger partial charge in [0.1, 0.15) is 0 Å². The number of carbonyl (C=O) groups excluding carboxylic acids is 1. The lowest BCUT2D eigenvalue weighted by molar-refractivity contribution is 0.0995. The smallest absolute Gasteiger partial charge is 0.273 e. The number of anilines is 2. The lowest BCUT2D eigenvalue weighted by Crippen LogP contribution is -2.34. The fraction of sp³-hybridized carbons (Fsp3) is 0.368. The number of rotatable bonds is 5. The van der Waals surface area contributed by atoms with E-state index in [1.54, 1.807) is 0 Å². The van der Waals surface area contributed by atoms with Crippen LogP contribution in [0.5, 0.6) is 0 Å². The summed E-state index contributed by atoms with van der Waals surface area (Å²) in [7, 11) is 0. The van der Waals surface area contributed by atoms with E-state index in [9.17, 15) is 4.79 Å². The summed E-state index contributed by atoms with van der Waals surface area (Å²) in [6, 6.07) is 7.92. The van der Waals surface area contributed by atoms with E-state index in [2.05, 4.69) is 25.5 Å². The van der Waals surface area contributed by atoms with Crippen LogP contribution in [0.25, 0.3) is 10.9 Å². The van der Waals surface area contributed by atoms with Crippen LogP contribution in [0.1, 0.15) is 42.0 Å². The summed E-state index contributed by atoms with van der Waals surface area (Å²) < 4.78 is 0. The Morgan fingerprint density at radius 3 is 2.89 bits per heavy atom. The van der Waals surface area contributed by atoms with Gasteiger partial charge in [-0.2, -0.15) is 0 Å². The zero-order valence-corrected chi connectivity index (χ0v) is 15.0. The third-order valence-electron chi connectivity index (χ3n) is 5.22. The Labute approximate surface area is 156 Å². The van der Waals surface area contributed by atoms with Crippen molar-refractivity contribution in [1.29, 1.82) is 0 Å². The molecular formula is C19H23N7O. The van der Waals surface area contributed by atoms with Crippen molar-refractivity contribution >= 4 is 28.3 Å². The lowest BCUT2D eigenvalue weighted by Gasteiger charge is -2.27. The molecule has 8 nitrogen and oxygen atoms in total. The van der Waals surface area contributed by atoms with Crippen molar-refractivity contribution in [3.8, 4) is 0 Å². The summed E-state index contributed by atoms with van der Waals surface area (Å²) in [5.41, 5.74) is 13.5. The molecule has 4 rings (SSSR count). The Bertz CT molecular complexity index is 968. The van der Waals surface area contributed by atoms with Crippen LogP contribution in [0.15, 0.2) is 30.5 Å². The highest BCUT2D eigenvalue weighted by Gasteiger charge is 2.24. The molecule has 8 heteroatoms. The molecule has 1 aromatic carbocycles. The number of benzene rings is 1. The van der Waals surface area contributed by atoms with Gasteiger partial charge in [0, 0.05) is 35.2 Å². The van der Waals surface area contributed by atoms with E-state index >= 15 is 0 Å². The molecule has 0 saturated heterocycles. The van der Waals surface area contributed by atoms with E-state index in [1.165, 1.54) is 12.8 Å². The van der Waals surface area contributed by atoms with Gasteiger partial charge in [-0.05, 0) is 37.0 Å². The Morgan fingerprint density at radius 1 is 1.22 bits per heavy atom. The van der Waals surface area contributed by atoms with E-state index in [0.717, 1.165) is 29.4 Å². The second kappa shape index (κ2) is 7.32. The van der Waals surface area contributed by atoms with Crippen molar-refractivity contribution in [2.75, 3.05) is 5.32 Å². The van der Waals surface area contributed by atoms with Gasteiger partial charge in [-0.25, -0.2) is 4.98 Å². The zero-order chi connectivity index (χ0) is 18.8. The maximum absolute atomic E-state index is 11.8. The normalized spacial score (nSPS) is 19.9. The van der Waals surface area contributed by atoms with Crippen molar-refractivity contribution < 1.29 is 4.79 Å². The molecule has 2 aromatic heterocycles. The molecule has 1 amide bonds. The molecule has 1 aliphatic carbocycles. The second-order valence-electron chi connectivity index (χ2n) is 7.07. The molecule has 140 valence electrons. The van der Waals surface area contributed by atoms with Gasteiger partial charge in [0.2, 0.25) is 0 Å². The Balaban J connectivity index is 1.65. The maximum Gasteiger partial charge on any atom is 0.273 e. The Morgan fingerprint density at radius 2 is 2.07 bits per heavy atom. The van der Waals surface area contributed by atoms with Gasteiger partial charge < -0.3 is 21.8 Å². The number of aromatic nitrogens is 4. The molecule has 27 heavy (non-hydrogen) atoms. The first-order chi connectivity index (χ1) is 13.1. The second-order valence-corrected chi connectivity index (χ2v) is 7.07. The molecule has 1 fully saturated rings. The average molecular weight is 365 g/mol. The molecule has 2 atom stereocenters. The molecule has 1 saturated carbocycles. The fourth-order valence-electron chi connectivity index (χ4n) is 3.75. The number of amides is 1. The van der Waals surface area contributed by atoms with Gasteiger partial charge in [0.15, 0.2) is 17.3 Å². The highest BCUT2D eigenvalue weighted by atomic mass is 16.1. The van der Waals surface area contributed by atoms with Crippen LogP contribution in [0.4, 0.5) is 11.5 Å². The minimum atomic E-state index is -0.667. The molecule has 3 aromatic rings. The largest absolute Gasteiger partial charge is 0.364 e. The molecule has 0 spiro atoms. The van der Waals surface area contributed by atoms with Crippen LogP contribution in [0.2, 0.25) is 0 Å². The third-order valence-corrected chi connectivity index (χ3v) is 5.22. The van der Waals surface area contributed by atoms with Gasteiger partial charge in [-0.15, -0.1) is 10.2 Å². The molecule has 1 aliphatic rings. The van der Waals surface area contributed by atoms with Crippen LogP contribution >= 0.6 is 0 Å². The van der Waals surface area contributed by atoms with Crippen LogP contribution < -0.4 is 16.8 Å². The molecule has 0 bridgehead atoms. The summed E-state index contributed by atoms with van der Waals surface area (Å²) in [5, 5.41) is 12.3. The van der Waals surface area contributed by atoms with Crippen LogP contribution in [-0.2, 0) is 6.42 Å². The minimum absolute atomic E-state index is 0.0271. The molecule has 0 aliphatic heterocycles. The predicted octanol–water partition coefficient (Wildman–Crippen LogP) is 2.26. The standard InChI is InChI=1S/C19H23N7O/c20-13-5-2-1-4-11(13)10-16-24-19(17(18(21)27)26-25-16)23-15-7-3-6-14-12(15)8-9-22-14/h3,6-9,11,13,22H,1-2,4-5,10,20H2,(H2,21,27)(H,23,24,25)/t11-,13-/m0/s1. The molecule has 6 N–H and O–H groups in total. The maximum atomic E-state index is 11.8. The summed E-state index contributed by atoms with van der Waals surface area (Å²) >= 11 is 0. The van der Waals surface area contributed by atoms with Crippen LogP contribution in [0, 0.1) is 5.92 Å². The van der Waals surface area contributed by atoms with Crippen molar-refractivity contribution in [2.24, 2.45) is 17.4 Å². The first-order valence-corrected chi connectivity index (χ1v) is 9.24. The number of hydrogen-bond acceptors (Lipinski definition) is 6. The Kier molecular flexibility index (Phi) is 4.72. The van der Waals surface area contributed by atoms with Gasteiger partial charge in [0.05, 0.1) is 0 Å². The van der Waals surface area contributed by atoms with E-state index in [4.69, 9.17) is 11.5 Å². The monoisotopic (exact) mass is 365 g/mol. The number of H-pyrrole nitrogens is 1. The van der Waals surface area contributed by atoms with Gasteiger partial charge in [0.25, 0.3) is 5.91 Å². The average Bonchev–Trinajstić information content (AvgIpc) is 3.13. The topological polar surface area (TPSA) is 136 Å². The summed E-state index contributed by atoms with van der Waals surface area (Å²) in [5.74, 6) is 0.567. The third kappa shape index (κ3) is 3.61. The highest BCUT2D eigenvalue weighted by molar-refractivity contribution is 5.98. The van der Waals surface area contributed by atoms with E-state index in [0.29, 0.717) is 24.0 Å². The summed E-state index contributed by atoms with van der Waals surface area (Å²) in [6.45, 7) is 0. The first-order valence-electron chi connectivity index (χ1n) is 9.24. The number of fused-ring (bicyclic) bond motifs is 1.